The normalized spacial score (nSPS) is 16.2. The number of guanidine groups is 1. The maximum absolute atomic E-state index is 11.7. The molecule has 0 saturated carbocycles. The maximum atomic E-state index is 11.7. The van der Waals surface area contributed by atoms with Gasteiger partial charge in [-0.1, -0.05) is 13.8 Å². The molecule has 3 N–H and O–H groups in total. The zero-order chi connectivity index (χ0) is 18.0. The quantitative estimate of drug-likeness (QED) is 0.302. The number of nitrogens with one attached hydrogen (secondary N) is 2. The Morgan fingerprint density at radius 2 is 1.84 bits per heavy atom. The number of halogens is 1. The van der Waals surface area contributed by atoms with E-state index in [1.165, 1.54) is 0 Å². The largest absolute Gasteiger partial charge is 0.450 e. The molecule has 1 aliphatic rings. The van der Waals surface area contributed by atoms with Crippen LogP contribution in [0.1, 0.15) is 53.4 Å². The second-order valence-electron chi connectivity index (χ2n) is 6.23. The molecule has 0 spiro atoms. The molecule has 1 heterocycles. The summed E-state index contributed by atoms with van der Waals surface area (Å²) in [6, 6.07) is 0.268. The van der Waals surface area contributed by atoms with Crippen LogP contribution < -0.4 is 10.6 Å². The van der Waals surface area contributed by atoms with Crippen LogP contribution in [0.5, 0.6) is 0 Å². The number of hydrogen-bond donors (Lipinski definition) is 3. The minimum atomic E-state index is -0.740. The monoisotopic (exact) mass is 470 g/mol. The van der Waals surface area contributed by atoms with Crippen LogP contribution in [0.4, 0.5) is 4.79 Å². The second kappa shape index (κ2) is 12.6. The van der Waals surface area contributed by atoms with Crippen LogP contribution >= 0.6 is 24.0 Å². The topological polar surface area (TPSA) is 86.2 Å². The zero-order valence-electron chi connectivity index (χ0n) is 16.0. The molecule has 0 atom stereocenters. The number of rotatable bonds is 7. The van der Waals surface area contributed by atoms with Gasteiger partial charge in [-0.2, -0.15) is 0 Å². The van der Waals surface area contributed by atoms with E-state index in [-0.39, 0.29) is 36.1 Å². The number of aliphatic imine (C=N–C) groups is 1. The van der Waals surface area contributed by atoms with E-state index in [1.54, 1.807) is 4.90 Å². The van der Waals surface area contributed by atoms with E-state index in [1.807, 2.05) is 27.7 Å². The van der Waals surface area contributed by atoms with Gasteiger partial charge in [0.2, 0.25) is 0 Å². The highest BCUT2D eigenvalue weighted by Crippen LogP contribution is 2.15. The predicted molar refractivity (Wildman–Crippen MR) is 112 cm³/mol. The van der Waals surface area contributed by atoms with Crippen molar-refractivity contribution in [1.82, 2.24) is 15.5 Å². The summed E-state index contributed by atoms with van der Waals surface area (Å²) >= 11 is 0. The van der Waals surface area contributed by atoms with Gasteiger partial charge >= 0.3 is 6.09 Å². The number of aliphatic hydroxyl groups is 1. The second-order valence-corrected chi connectivity index (χ2v) is 6.23. The lowest BCUT2D eigenvalue weighted by atomic mass is 9.98. The van der Waals surface area contributed by atoms with E-state index < -0.39 is 5.60 Å². The Kier molecular flexibility index (Phi) is 12.2. The van der Waals surface area contributed by atoms with Crippen molar-refractivity contribution in [2.45, 2.75) is 65.0 Å². The highest BCUT2D eigenvalue weighted by atomic mass is 127. The molecule has 0 aromatic heterocycles. The van der Waals surface area contributed by atoms with E-state index in [0.29, 0.717) is 39.1 Å². The molecule has 0 unspecified atom stereocenters. The molecule has 7 nitrogen and oxygen atoms in total. The number of ether oxygens (including phenoxy) is 1. The highest BCUT2D eigenvalue weighted by Gasteiger charge is 2.25. The number of carbonyl (C=O) groups is 1. The van der Waals surface area contributed by atoms with Gasteiger partial charge in [0, 0.05) is 25.7 Å². The van der Waals surface area contributed by atoms with E-state index in [4.69, 9.17) is 4.74 Å². The first kappa shape index (κ1) is 24.2. The molecule has 0 aromatic rings. The number of nitrogens with zero attached hydrogens (tertiary/aromatic N) is 2. The SMILES string of the molecule is CCNC(=NCC(O)(CC)CC)NC1CCN(C(=O)OCC)CC1.I. The van der Waals surface area contributed by atoms with Crippen LogP contribution in [0, 0.1) is 0 Å². The van der Waals surface area contributed by atoms with Gasteiger partial charge in [-0.3, -0.25) is 4.99 Å². The van der Waals surface area contributed by atoms with Crippen molar-refractivity contribution in [3.05, 3.63) is 0 Å². The first-order valence-corrected chi connectivity index (χ1v) is 9.16. The van der Waals surface area contributed by atoms with Gasteiger partial charge in [0.15, 0.2) is 5.96 Å². The fourth-order valence-corrected chi connectivity index (χ4v) is 2.63. The first-order chi connectivity index (χ1) is 11.5. The predicted octanol–water partition coefficient (Wildman–Crippen LogP) is 2.33. The van der Waals surface area contributed by atoms with Gasteiger partial charge in [-0.05, 0) is 39.5 Å². The highest BCUT2D eigenvalue weighted by molar-refractivity contribution is 14.0. The van der Waals surface area contributed by atoms with Gasteiger partial charge in [0.05, 0.1) is 18.8 Å². The molecule has 1 aliphatic heterocycles. The average Bonchev–Trinajstić information content (AvgIpc) is 2.60. The Bertz CT molecular complexity index is 409. The third-order valence-electron chi connectivity index (χ3n) is 4.55. The standard InChI is InChI=1S/C17H34N4O3.HI/c1-5-17(23,6-2)13-19-15(18-7-3)20-14-9-11-21(12-10-14)16(22)24-8-4;/h14,23H,5-13H2,1-4H3,(H2,18,19,20);1H. The lowest BCUT2D eigenvalue weighted by Gasteiger charge is -2.32. The van der Waals surface area contributed by atoms with Crippen molar-refractivity contribution in [1.29, 1.82) is 0 Å². The average molecular weight is 470 g/mol. The van der Waals surface area contributed by atoms with E-state index >= 15 is 0 Å². The van der Waals surface area contributed by atoms with Crippen LogP contribution in [0.15, 0.2) is 4.99 Å². The van der Waals surface area contributed by atoms with Gasteiger partial charge in [-0.25, -0.2) is 4.79 Å². The van der Waals surface area contributed by atoms with E-state index in [0.717, 1.165) is 25.3 Å². The third kappa shape index (κ3) is 8.44. The summed E-state index contributed by atoms with van der Waals surface area (Å²) in [6.07, 6.45) is 2.85. The van der Waals surface area contributed by atoms with Crippen LogP contribution in [0.3, 0.4) is 0 Å². The maximum Gasteiger partial charge on any atom is 0.409 e. The molecule has 8 heteroatoms. The minimum Gasteiger partial charge on any atom is -0.450 e. The molecule has 1 fully saturated rings. The molecule has 148 valence electrons. The minimum absolute atomic E-state index is 0. The Labute approximate surface area is 169 Å². The summed E-state index contributed by atoms with van der Waals surface area (Å²) in [5, 5.41) is 17.0. The summed E-state index contributed by atoms with van der Waals surface area (Å²) in [6.45, 7) is 10.7. The van der Waals surface area contributed by atoms with Crippen molar-refractivity contribution in [3.8, 4) is 0 Å². The Morgan fingerprint density at radius 1 is 1.24 bits per heavy atom. The van der Waals surface area contributed by atoms with Crippen LogP contribution in [0.25, 0.3) is 0 Å². The fourth-order valence-electron chi connectivity index (χ4n) is 2.63. The molecule has 0 aromatic carbocycles. The lowest BCUT2D eigenvalue weighted by molar-refractivity contribution is 0.0417. The lowest BCUT2D eigenvalue weighted by Crippen LogP contribution is -2.50. The van der Waals surface area contributed by atoms with Crippen molar-refractivity contribution in [3.63, 3.8) is 0 Å². The Balaban J connectivity index is 0.00000576. The third-order valence-corrected chi connectivity index (χ3v) is 4.55. The molecule has 1 amide bonds. The number of hydrogen-bond acceptors (Lipinski definition) is 4. The van der Waals surface area contributed by atoms with Gasteiger partial charge in [0.1, 0.15) is 0 Å². The summed E-state index contributed by atoms with van der Waals surface area (Å²) in [5.74, 6) is 0.729. The summed E-state index contributed by atoms with van der Waals surface area (Å²) in [5.41, 5.74) is -0.740. The van der Waals surface area contributed by atoms with Crippen molar-refractivity contribution < 1.29 is 14.6 Å². The molecular formula is C17H35IN4O3. The van der Waals surface area contributed by atoms with Crippen molar-refractivity contribution >= 4 is 36.0 Å². The van der Waals surface area contributed by atoms with Crippen molar-refractivity contribution in [2.75, 3.05) is 32.8 Å². The number of piperidine rings is 1. The van der Waals surface area contributed by atoms with E-state index in [9.17, 15) is 9.90 Å². The molecule has 0 aliphatic carbocycles. The molecular weight excluding hydrogens is 435 g/mol. The van der Waals surface area contributed by atoms with Crippen molar-refractivity contribution in [2.24, 2.45) is 4.99 Å². The van der Waals surface area contributed by atoms with E-state index in [2.05, 4.69) is 15.6 Å². The number of likely N-dealkylation sites (tertiary alicyclic amines) is 1. The van der Waals surface area contributed by atoms with Crippen LogP contribution in [0.2, 0.25) is 0 Å². The van der Waals surface area contributed by atoms with Gasteiger partial charge < -0.3 is 25.4 Å². The molecule has 0 radical (unpaired) electrons. The Morgan fingerprint density at radius 3 is 2.32 bits per heavy atom. The Hall–Kier alpha value is -0.770. The zero-order valence-corrected chi connectivity index (χ0v) is 18.3. The smallest absolute Gasteiger partial charge is 0.409 e. The molecule has 1 saturated heterocycles. The molecule has 25 heavy (non-hydrogen) atoms. The number of carbonyl (C=O) groups excluding carboxylic acids is 1. The fraction of sp³-hybridized carbons (Fsp3) is 0.882. The summed E-state index contributed by atoms with van der Waals surface area (Å²) < 4.78 is 5.04. The summed E-state index contributed by atoms with van der Waals surface area (Å²) in [7, 11) is 0. The number of amides is 1. The molecule has 0 bridgehead atoms. The van der Waals surface area contributed by atoms with Crippen LogP contribution in [-0.4, -0.2) is 66.5 Å². The van der Waals surface area contributed by atoms with Gasteiger partial charge in [0.25, 0.3) is 0 Å². The molecule has 1 rings (SSSR count). The first-order valence-electron chi connectivity index (χ1n) is 9.16. The summed E-state index contributed by atoms with van der Waals surface area (Å²) in [4.78, 5) is 18.0. The van der Waals surface area contributed by atoms with Gasteiger partial charge in [-0.15, -0.1) is 24.0 Å². The van der Waals surface area contributed by atoms with Crippen LogP contribution in [-0.2, 0) is 4.74 Å².